The van der Waals surface area contributed by atoms with Gasteiger partial charge in [-0.3, -0.25) is 9.59 Å². The molecule has 4 nitrogen and oxygen atoms in total. The molecule has 0 bridgehead atoms. The molecule has 0 saturated carbocycles. The van der Waals surface area contributed by atoms with Crippen molar-refractivity contribution in [3.05, 3.63) is 116 Å². The van der Waals surface area contributed by atoms with Crippen LogP contribution in [0.15, 0.2) is 61.0 Å². The average molecular weight is 562 g/mol. The number of ketones is 2. The van der Waals surface area contributed by atoms with Crippen LogP contribution >= 0.6 is 0 Å². The molecule has 1 heterocycles. The van der Waals surface area contributed by atoms with Gasteiger partial charge in [-0.15, -0.1) is 6.67 Å². The van der Waals surface area contributed by atoms with Gasteiger partial charge in [0.2, 0.25) is 0 Å². The van der Waals surface area contributed by atoms with Crippen molar-refractivity contribution >= 4 is 22.9 Å². The Morgan fingerprint density at radius 3 is 1.08 bits per heavy atom. The molecule has 2 aromatic rings. The monoisotopic (exact) mass is 561 g/mol. The summed E-state index contributed by atoms with van der Waals surface area (Å²) in [6, 6.07) is 8.98. The summed E-state index contributed by atoms with van der Waals surface area (Å²) in [6.45, 7) is 21.9. The number of anilines is 2. The van der Waals surface area contributed by atoms with Gasteiger partial charge in [0.1, 0.15) is 0 Å². The van der Waals surface area contributed by atoms with Gasteiger partial charge in [-0.25, -0.2) is 0 Å². The minimum atomic E-state index is 0. The van der Waals surface area contributed by atoms with Crippen molar-refractivity contribution in [1.29, 1.82) is 0 Å². The Morgan fingerprint density at radius 1 is 0.632 bits per heavy atom. The Kier molecular flexibility index (Phi) is 20.0. The molecule has 2 aromatic carbocycles. The molecule has 1 aliphatic rings. The molecule has 211 valence electrons. The van der Waals surface area contributed by atoms with Gasteiger partial charge in [-0.1, -0.05) is 47.5 Å². The third-order valence-corrected chi connectivity index (χ3v) is 5.23. The van der Waals surface area contributed by atoms with Crippen LogP contribution in [0.1, 0.15) is 61.1 Å². The molecule has 1 aliphatic heterocycles. The molecule has 3 rings (SSSR count). The maximum atomic E-state index is 9.96. The summed E-state index contributed by atoms with van der Waals surface area (Å²) in [7, 11) is 0. The van der Waals surface area contributed by atoms with E-state index in [2.05, 4.69) is 94.7 Å². The van der Waals surface area contributed by atoms with Gasteiger partial charge in [-0.05, 0) is 116 Å². The van der Waals surface area contributed by atoms with E-state index < -0.39 is 0 Å². The van der Waals surface area contributed by atoms with E-state index >= 15 is 0 Å². The predicted octanol–water partition coefficient (Wildman–Crippen LogP) is 8.66. The van der Waals surface area contributed by atoms with Crippen LogP contribution < -0.4 is 9.80 Å². The smallest absolute Gasteiger partial charge is 0.479 e. The fourth-order valence-corrected chi connectivity index (χ4v) is 4.25. The second-order valence-corrected chi connectivity index (χ2v) is 8.94. The second-order valence-electron chi connectivity index (χ2n) is 8.94. The molecule has 0 saturated heterocycles. The van der Waals surface area contributed by atoms with Gasteiger partial charge < -0.3 is 24.7 Å². The quantitative estimate of drug-likeness (QED) is 0.213. The van der Waals surface area contributed by atoms with E-state index in [4.69, 9.17) is 0 Å². The SMILES string of the molecule is C/C=C/C(C)=O.C/C=C/C(C)=O.Cc1cc(C)c(N2C=CN(c3c(C)cc(C)cc3C)[CH-]2)c(C)c1.[CH3-].[CH3-].[Ni+3]. The minimum absolute atomic E-state index is 0. The van der Waals surface area contributed by atoms with E-state index in [1.54, 1.807) is 12.2 Å². The molecule has 1 radical (unpaired) electrons. The number of carbonyl (C=O) groups is 2. The van der Waals surface area contributed by atoms with Gasteiger partial charge in [0, 0.05) is 11.4 Å². The van der Waals surface area contributed by atoms with Crippen LogP contribution in [0.5, 0.6) is 0 Å². The summed E-state index contributed by atoms with van der Waals surface area (Å²) < 4.78 is 0. The molecule has 0 fully saturated rings. The van der Waals surface area contributed by atoms with Gasteiger partial charge in [0.25, 0.3) is 0 Å². The molecule has 0 spiro atoms. The molecule has 0 aliphatic carbocycles. The van der Waals surface area contributed by atoms with E-state index in [0.717, 1.165) is 0 Å². The van der Waals surface area contributed by atoms with Crippen molar-refractivity contribution in [2.75, 3.05) is 9.80 Å². The Labute approximate surface area is 243 Å². The first-order valence-electron chi connectivity index (χ1n) is 11.9. The van der Waals surface area contributed by atoms with Crippen LogP contribution in [0.4, 0.5) is 11.4 Å². The molecule has 38 heavy (non-hydrogen) atoms. The van der Waals surface area contributed by atoms with Crippen LogP contribution in [-0.2, 0) is 26.1 Å². The number of nitrogens with zero attached hydrogens (tertiary/aromatic N) is 2. The fraction of sp³-hybridized carbons (Fsp3) is 0.303. The van der Waals surface area contributed by atoms with Crippen molar-refractivity contribution in [2.45, 2.75) is 69.2 Å². The van der Waals surface area contributed by atoms with E-state index in [1.165, 1.54) is 70.8 Å². The van der Waals surface area contributed by atoms with Crippen molar-refractivity contribution in [2.24, 2.45) is 0 Å². The van der Waals surface area contributed by atoms with Gasteiger partial charge in [0.05, 0.1) is 0 Å². The maximum Gasteiger partial charge on any atom is 3.00 e. The number of carbonyl (C=O) groups excluding carboxylic acids is 2. The Balaban J connectivity index is -0.000000693. The number of allylic oxidation sites excluding steroid dienone is 4. The third kappa shape index (κ3) is 12.6. The van der Waals surface area contributed by atoms with Crippen molar-refractivity contribution in [1.82, 2.24) is 0 Å². The van der Waals surface area contributed by atoms with Gasteiger partial charge in [-0.2, -0.15) is 0 Å². The van der Waals surface area contributed by atoms with Crippen molar-refractivity contribution in [3.63, 3.8) is 0 Å². The van der Waals surface area contributed by atoms with E-state index in [1.807, 2.05) is 13.8 Å². The van der Waals surface area contributed by atoms with Gasteiger partial charge >= 0.3 is 16.5 Å². The third-order valence-electron chi connectivity index (χ3n) is 5.23. The van der Waals surface area contributed by atoms with Crippen LogP contribution in [0.2, 0.25) is 0 Å². The maximum absolute atomic E-state index is 9.96. The number of rotatable bonds is 4. The normalized spacial score (nSPS) is 11.5. The summed E-state index contributed by atoms with van der Waals surface area (Å²) in [6.07, 6.45) is 10.8. The minimum Gasteiger partial charge on any atom is -0.479 e. The molecule has 0 unspecified atom stereocenters. The molecule has 5 heteroatoms. The molecule has 0 aromatic heterocycles. The zero-order valence-electron chi connectivity index (χ0n) is 25.4. The predicted molar refractivity (Wildman–Crippen MR) is 164 cm³/mol. The zero-order chi connectivity index (χ0) is 26.7. The fourth-order valence-electron chi connectivity index (χ4n) is 4.25. The topological polar surface area (TPSA) is 40.6 Å². The van der Waals surface area contributed by atoms with Crippen LogP contribution in [-0.4, -0.2) is 11.6 Å². The Hall–Kier alpha value is -2.91. The van der Waals surface area contributed by atoms with E-state index in [9.17, 15) is 9.59 Å². The van der Waals surface area contributed by atoms with Crippen molar-refractivity contribution in [3.8, 4) is 0 Å². The number of aryl methyl sites for hydroxylation is 6. The second kappa shape index (κ2) is 19.2. The number of hydrogen-bond donors (Lipinski definition) is 0. The Morgan fingerprint density at radius 2 is 0.895 bits per heavy atom. The first-order valence-corrected chi connectivity index (χ1v) is 11.9. The molecule has 0 N–H and O–H groups in total. The van der Waals surface area contributed by atoms with Crippen molar-refractivity contribution < 1.29 is 26.1 Å². The summed E-state index contributed by atoms with van der Waals surface area (Å²) >= 11 is 0. The zero-order valence-corrected chi connectivity index (χ0v) is 26.4. The number of hydrogen-bond acceptors (Lipinski definition) is 4. The molecule has 0 atom stereocenters. The van der Waals surface area contributed by atoms with Crippen LogP contribution in [0.3, 0.4) is 0 Å². The average Bonchev–Trinajstić information content (AvgIpc) is 3.16. The van der Waals surface area contributed by atoms with E-state index in [0.29, 0.717) is 0 Å². The standard InChI is InChI=1S/C21H25N2.2C5H8O.2CH3.Ni/c1-14-9-16(3)20(17(4)10-14)22-7-8-23(13-22)21-18(5)11-15(2)12-19(21)6;2*1-3-4-5(2)6;;;/h7-13H,1-6H3;2*3-4H,1-2H3;2*1H3;/q-1;;;2*-1;+3/b;2*4-3+;;;. The van der Waals surface area contributed by atoms with E-state index in [-0.39, 0.29) is 42.9 Å². The summed E-state index contributed by atoms with van der Waals surface area (Å²) in [5.41, 5.74) is 10.4. The molecular formula is C33H47N2NiO2. The van der Waals surface area contributed by atoms with Crippen LogP contribution in [0, 0.1) is 63.1 Å². The first-order chi connectivity index (χ1) is 16.4. The van der Waals surface area contributed by atoms with Gasteiger partial charge in [0.15, 0.2) is 11.6 Å². The summed E-state index contributed by atoms with van der Waals surface area (Å²) in [5, 5.41) is 0. The molecular weight excluding hydrogens is 515 g/mol. The van der Waals surface area contributed by atoms with Crippen LogP contribution in [0.25, 0.3) is 0 Å². The first kappa shape index (κ1) is 39.6. The summed E-state index contributed by atoms with van der Waals surface area (Å²) in [5.74, 6) is 0.218. The summed E-state index contributed by atoms with van der Waals surface area (Å²) in [4.78, 5) is 24.4. The number of benzene rings is 2. The Bertz CT molecular complexity index is 996. The largest absolute Gasteiger partial charge is 3.00 e. The molecule has 0 amide bonds.